The number of thiazole rings is 1. The van der Waals surface area contributed by atoms with Crippen LogP contribution in [0.3, 0.4) is 0 Å². The van der Waals surface area contributed by atoms with Crippen molar-refractivity contribution in [2.75, 3.05) is 11.4 Å². The second kappa shape index (κ2) is 8.67. The summed E-state index contributed by atoms with van der Waals surface area (Å²) in [5.41, 5.74) is 3.63. The zero-order valence-electron chi connectivity index (χ0n) is 16.8. The van der Waals surface area contributed by atoms with Gasteiger partial charge in [0, 0.05) is 17.5 Å². The largest absolute Gasteiger partial charge is 0.479 e. The van der Waals surface area contributed by atoms with E-state index in [-0.39, 0.29) is 31.4 Å². The zero-order valence-corrected chi connectivity index (χ0v) is 17.6. The van der Waals surface area contributed by atoms with Crippen molar-refractivity contribution in [3.63, 3.8) is 0 Å². The number of aromatic nitrogens is 1. The summed E-state index contributed by atoms with van der Waals surface area (Å²) in [6.07, 6.45) is -0.479. The third-order valence-electron chi connectivity index (χ3n) is 4.84. The van der Waals surface area contributed by atoms with Crippen LogP contribution in [0.1, 0.15) is 24.6 Å². The molecule has 0 saturated carbocycles. The number of benzene rings is 2. The van der Waals surface area contributed by atoms with Crippen LogP contribution >= 0.6 is 11.3 Å². The minimum absolute atomic E-state index is 0.0990. The van der Waals surface area contributed by atoms with Gasteiger partial charge in [-0.1, -0.05) is 42.0 Å². The molecule has 1 aromatic heterocycles. The third-order valence-corrected chi connectivity index (χ3v) is 5.78. The summed E-state index contributed by atoms with van der Waals surface area (Å²) in [6, 6.07) is 15.5. The van der Waals surface area contributed by atoms with Crippen LogP contribution in [0.15, 0.2) is 53.9 Å². The molecule has 0 aliphatic carbocycles. The molecule has 1 aliphatic heterocycles. The van der Waals surface area contributed by atoms with E-state index in [4.69, 9.17) is 9.47 Å². The smallest absolute Gasteiger partial charge is 0.307 e. The van der Waals surface area contributed by atoms with Gasteiger partial charge in [0.1, 0.15) is 17.4 Å². The van der Waals surface area contributed by atoms with Crippen molar-refractivity contribution in [2.45, 2.75) is 33.0 Å². The number of nitrogens with zero attached hydrogens (tertiary/aromatic N) is 2. The first-order valence-electron chi connectivity index (χ1n) is 9.75. The Balaban J connectivity index is 1.33. The van der Waals surface area contributed by atoms with Crippen LogP contribution in [0.2, 0.25) is 0 Å². The Hall–Kier alpha value is -3.19. The minimum Gasteiger partial charge on any atom is -0.479 e. The van der Waals surface area contributed by atoms with Crippen LogP contribution in [0.4, 0.5) is 5.69 Å². The quantitative estimate of drug-likeness (QED) is 0.552. The fourth-order valence-electron chi connectivity index (χ4n) is 3.22. The molecule has 0 fully saturated rings. The SMILES string of the molecule is Cc1ccc(-c2nc(COC(=O)CCN3C(=O)C(C)Oc4ccccc43)cs2)cc1. The highest BCUT2D eigenvalue weighted by Gasteiger charge is 2.31. The lowest BCUT2D eigenvalue weighted by molar-refractivity contribution is -0.144. The molecule has 2 heterocycles. The van der Waals surface area contributed by atoms with Crippen molar-refractivity contribution in [2.24, 2.45) is 0 Å². The number of hydrogen-bond acceptors (Lipinski definition) is 6. The molecule has 4 rings (SSSR count). The molecule has 3 aromatic rings. The average molecular weight is 423 g/mol. The van der Waals surface area contributed by atoms with Gasteiger partial charge in [-0.15, -0.1) is 11.3 Å². The summed E-state index contributed by atoms with van der Waals surface area (Å²) in [6.45, 7) is 4.11. The van der Waals surface area contributed by atoms with E-state index in [9.17, 15) is 9.59 Å². The van der Waals surface area contributed by atoms with Crippen molar-refractivity contribution in [3.8, 4) is 16.3 Å². The lowest BCUT2D eigenvalue weighted by atomic mass is 10.2. The van der Waals surface area contributed by atoms with Crippen LogP contribution in [0, 0.1) is 6.92 Å². The number of esters is 1. The molecule has 0 radical (unpaired) electrons. The highest BCUT2D eigenvalue weighted by atomic mass is 32.1. The molecule has 1 aliphatic rings. The Morgan fingerprint density at radius 3 is 2.77 bits per heavy atom. The van der Waals surface area contributed by atoms with Crippen molar-refractivity contribution < 1.29 is 19.1 Å². The molecule has 154 valence electrons. The lowest BCUT2D eigenvalue weighted by Gasteiger charge is -2.32. The number of fused-ring (bicyclic) bond motifs is 1. The number of para-hydroxylation sites is 2. The summed E-state index contributed by atoms with van der Waals surface area (Å²) < 4.78 is 11.0. The molecule has 0 saturated heterocycles. The third kappa shape index (κ3) is 4.36. The van der Waals surface area contributed by atoms with E-state index in [1.807, 2.05) is 60.8 Å². The second-order valence-electron chi connectivity index (χ2n) is 7.14. The number of carbonyl (C=O) groups excluding carboxylic acids is 2. The Bertz CT molecular complexity index is 1060. The predicted molar refractivity (Wildman–Crippen MR) is 116 cm³/mol. The van der Waals surface area contributed by atoms with Crippen LogP contribution in [-0.2, 0) is 20.9 Å². The number of anilines is 1. The maximum Gasteiger partial charge on any atom is 0.307 e. The van der Waals surface area contributed by atoms with Gasteiger partial charge in [-0.2, -0.15) is 0 Å². The van der Waals surface area contributed by atoms with E-state index in [0.717, 1.165) is 10.6 Å². The number of ether oxygens (including phenoxy) is 2. The zero-order chi connectivity index (χ0) is 21.1. The van der Waals surface area contributed by atoms with Crippen molar-refractivity contribution in [1.82, 2.24) is 4.98 Å². The Morgan fingerprint density at radius 2 is 1.97 bits per heavy atom. The Kier molecular flexibility index (Phi) is 5.81. The van der Waals surface area contributed by atoms with Crippen LogP contribution < -0.4 is 9.64 Å². The standard InChI is InChI=1S/C23H22N2O4S/c1-15-7-9-17(10-8-15)22-24-18(14-30-22)13-28-21(26)11-12-25-19-5-3-4-6-20(19)29-16(2)23(25)27/h3-10,14,16H,11-13H2,1-2H3. The van der Waals surface area contributed by atoms with Crippen LogP contribution in [0.5, 0.6) is 5.75 Å². The maximum absolute atomic E-state index is 12.5. The number of amides is 1. The number of rotatable bonds is 6. The molecule has 0 spiro atoms. The maximum atomic E-state index is 12.5. The first-order valence-corrected chi connectivity index (χ1v) is 10.6. The van der Waals surface area contributed by atoms with E-state index in [0.29, 0.717) is 17.1 Å². The van der Waals surface area contributed by atoms with Gasteiger partial charge in [0.05, 0.1) is 17.8 Å². The minimum atomic E-state index is -0.578. The van der Waals surface area contributed by atoms with Gasteiger partial charge in [-0.25, -0.2) is 4.98 Å². The molecule has 2 aromatic carbocycles. The summed E-state index contributed by atoms with van der Waals surface area (Å²) in [5.74, 6) is 0.108. The van der Waals surface area contributed by atoms with E-state index in [1.165, 1.54) is 16.9 Å². The van der Waals surface area contributed by atoms with E-state index in [2.05, 4.69) is 4.98 Å². The van der Waals surface area contributed by atoms with Crippen LogP contribution in [0.25, 0.3) is 10.6 Å². The predicted octanol–water partition coefficient (Wildman–Crippen LogP) is 4.37. The first-order chi connectivity index (χ1) is 14.5. The number of aryl methyl sites for hydroxylation is 1. The molecule has 0 bridgehead atoms. The van der Waals surface area contributed by atoms with Gasteiger partial charge >= 0.3 is 5.97 Å². The summed E-state index contributed by atoms with van der Waals surface area (Å²) in [7, 11) is 0. The van der Waals surface area contributed by atoms with Crippen molar-refractivity contribution >= 4 is 28.9 Å². The fraction of sp³-hybridized carbons (Fsp3) is 0.261. The highest BCUT2D eigenvalue weighted by Crippen LogP contribution is 2.33. The summed E-state index contributed by atoms with van der Waals surface area (Å²) in [4.78, 5) is 30.9. The first kappa shape index (κ1) is 20.1. The van der Waals surface area contributed by atoms with Gasteiger partial charge in [0.2, 0.25) is 0 Å². The normalized spacial score (nSPS) is 15.5. The highest BCUT2D eigenvalue weighted by molar-refractivity contribution is 7.13. The summed E-state index contributed by atoms with van der Waals surface area (Å²) in [5, 5.41) is 2.79. The molecule has 6 nitrogen and oxygen atoms in total. The number of hydrogen-bond donors (Lipinski definition) is 0. The Labute approximate surface area is 179 Å². The fourth-order valence-corrected chi connectivity index (χ4v) is 4.03. The van der Waals surface area contributed by atoms with Gasteiger partial charge in [-0.05, 0) is 26.0 Å². The second-order valence-corrected chi connectivity index (χ2v) is 8.00. The van der Waals surface area contributed by atoms with Crippen molar-refractivity contribution in [1.29, 1.82) is 0 Å². The van der Waals surface area contributed by atoms with Gasteiger partial charge < -0.3 is 14.4 Å². The molecule has 0 N–H and O–H groups in total. The topological polar surface area (TPSA) is 68.7 Å². The molecule has 7 heteroatoms. The van der Waals surface area contributed by atoms with Gasteiger partial charge in [0.25, 0.3) is 5.91 Å². The van der Waals surface area contributed by atoms with Gasteiger partial charge in [-0.3, -0.25) is 9.59 Å². The lowest BCUT2D eigenvalue weighted by Crippen LogP contribution is -2.45. The van der Waals surface area contributed by atoms with E-state index >= 15 is 0 Å². The summed E-state index contributed by atoms with van der Waals surface area (Å²) >= 11 is 1.52. The van der Waals surface area contributed by atoms with Crippen LogP contribution in [-0.4, -0.2) is 29.5 Å². The Morgan fingerprint density at radius 1 is 1.20 bits per heavy atom. The molecular weight excluding hydrogens is 400 g/mol. The van der Waals surface area contributed by atoms with E-state index < -0.39 is 6.10 Å². The molecule has 1 atom stereocenters. The molecular formula is C23H22N2O4S. The molecule has 1 unspecified atom stereocenters. The van der Waals surface area contributed by atoms with E-state index in [1.54, 1.807) is 11.8 Å². The molecule has 30 heavy (non-hydrogen) atoms. The monoisotopic (exact) mass is 422 g/mol. The number of carbonyl (C=O) groups is 2. The van der Waals surface area contributed by atoms with Crippen molar-refractivity contribution in [3.05, 3.63) is 65.2 Å². The average Bonchev–Trinajstić information content (AvgIpc) is 3.22. The van der Waals surface area contributed by atoms with Gasteiger partial charge in [0.15, 0.2) is 6.10 Å². The molecule has 1 amide bonds.